The molecule has 1 unspecified atom stereocenters. The lowest BCUT2D eigenvalue weighted by Gasteiger charge is -2.30. The number of ether oxygens (including phenoxy) is 1. The lowest BCUT2D eigenvalue weighted by atomic mass is 9.90. The van der Waals surface area contributed by atoms with Crippen molar-refractivity contribution in [1.29, 1.82) is 5.26 Å². The molecule has 1 aliphatic heterocycles. The fourth-order valence-corrected chi connectivity index (χ4v) is 4.30. The maximum absolute atomic E-state index is 12.9. The number of nitrogens with zero attached hydrogens (tertiary/aromatic N) is 1. The fraction of sp³-hybridized carbons (Fsp3) is 0.550. The Bertz CT molecular complexity index is 686. The van der Waals surface area contributed by atoms with E-state index in [2.05, 4.69) is 42.4 Å². The molecule has 1 aromatic rings. The molecule has 0 radical (unpaired) electrons. The van der Waals surface area contributed by atoms with E-state index in [0.717, 1.165) is 18.5 Å². The van der Waals surface area contributed by atoms with Crippen LogP contribution < -0.4 is 15.8 Å². The highest BCUT2D eigenvalue weighted by molar-refractivity contribution is 6.88. The minimum Gasteiger partial charge on any atom is -0.381 e. The van der Waals surface area contributed by atoms with Gasteiger partial charge >= 0.3 is 0 Å². The Kier molecular flexibility index (Phi) is 7.57. The number of nitrogens with one attached hydrogen (secondary N) is 2. The molecule has 2 amide bonds. The van der Waals surface area contributed by atoms with E-state index in [1.165, 1.54) is 5.19 Å². The normalized spacial score (nSPS) is 16.2. The molecule has 0 aromatic heterocycles. The molecule has 7 heteroatoms. The molecule has 1 heterocycles. The zero-order valence-electron chi connectivity index (χ0n) is 16.4. The minimum absolute atomic E-state index is 0.0334. The Morgan fingerprint density at radius 2 is 1.85 bits per heavy atom. The zero-order valence-corrected chi connectivity index (χ0v) is 17.4. The van der Waals surface area contributed by atoms with Gasteiger partial charge in [0.1, 0.15) is 6.04 Å². The van der Waals surface area contributed by atoms with Gasteiger partial charge in [-0.25, -0.2) is 0 Å². The predicted octanol–water partition coefficient (Wildman–Crippen LogP) is 2.39. The molecular formula is C20H29N3O3Si. The molecule has 1 aromatic carbocycles. The fourth-order valence-electron chi connectivity index (χ4n) is 3.14. The second kappa shape index (κ2) is 9.67. The van der Waals surface area contributed by atoms with E-state index >= 15 is 0 Å². The molecule has 0 saturated carbocycles. The summed E-state index contributed by atoms with van der Waals surface area (Å²) in [5, 5.41) is 15.7. The topological polar surface area (TPSA) is 91.2 Å². The summed E-state index contributed by atoms with van der Waals surface area (Å²) in [6.07, 6.45) is 1.71. The van der Waals surface area contributed by atoms with Crippen molar-refractivity contribution in [2.75, 3.05) is 18.5 Å². The van der Waals surface area contributed by atoms with E-state index in [9.17, 15) is 9.59 Å². The first-order valence-electron chi connectivity index (χ1n) is 9.46. The Balaban J connectivity index is 2.08. The van der Waals surface area contributed by atoms with Gasteiger partial charge in [-0.2, -0.15) is 5.26 Å². The third kappa shape index (κ3) is 6.49. The van der Waals surface area contributed by atoms with E-state index in [4.69, 9.17) is 10.00 Å². The van der Waals surface area contributed by atoms with Crippen LogP contribution in [0.2, 0.25) is 19.6 Å². The molecule has 6 nitrogen and oxygen atoms in total. The summed E-state index contributed by atoms with van der Waals surface area (Å²) in [7, 11) is -1.39. The molecule has 0 bridgehead atoms. The number of carbonyl (C=O) groups excluding carboxylic acids is 2. The maximum Gasteiger partial charge on any atom is 0.247 e. The highest BCUT2D eigenvalue weighted by Gasteiger charge is 2.31. The number of benzene rings is 1. The SMILES string of the molecule is C[Si](C)(C)c1ccc(NC(=O)C(NC(=O)CCC#N)C2CCOCC2)cc1. The van der Waals surface area contributed by atoms with Crippen molar-refractivity contribution in [3.05, 3.63) is 24.3 Å². The van der Waals surface area contributed by atoms with Crippen LogP contribution in [-0.4, -0.2) is 39.1 Å². The number of anilines is 1. The van der Waals surface area contributed by atoms with Crippen molar-refractivity contribution >= 4 is 30.8 Å². The molecule has 27 heavy (non-hydrogen) atoms. The quantitative estimate of drug-likeness (QED) is 0.703. The van der Waals surface area contributed by atoms with E-state index in [1.807, 2.05) is 18.2 Å². The molecule has 146 valence electrons. The number of carbonyl (C=O) groups is 2. The van der Waals surface area contributed by atoms with E-state index in [1.54, 1.807) is 0 Å². The van der Waals surface area contributed by atoms with E-state index < -0.39 is 14.1 Å². The van der Waals surface area contributed by atoms with Crippen molar-refractivity contribution in [1.82, 2.24) is 5.32 Å². The van der Waals surface area contributed by atoms with E-state index in [0.29, 0.717) is 13.2 Å². The van der Waals surface area contributed by atoms with Gasteiger partial charge in [0, 0.05) is 31.7 Å². The molecule has 1 fully saturated rings. The lowest BCUT2D eigenvalue weighted by Crippen LogP contribution is -2.49. The summed E-state index contributed by atoms with van der Waals surface area (Å²) in [6, 6.07) is 9.32. The molecule has 2 rings (SSSR count). The second-order valence-electron chi connectivity index (χ2n) is 7.97. The summed E-state index contributed by atoms with van der Waals surface area (Å²) in [4.78, 5) is 25.0. The number of hydrogen-bond donors (Lipinski definition) is 2. The van der Waals surface area contributed by atoms with Gasteiger partial charge in [-0.15, -0.1) is 0 Å². The Morgan fingerprint density at radius 1 is 1.22 bits per heavy atom. The average Bonchev–Trinajstić information content (AvgIpc) is 2.64. The second-order valence-corrected chi connectivity index (χ2v) is 13.0. The molecule has 0 spiro atoms. The van der Waals surface area contributed by atoms with Crippen molar-refractivity contribution in [2.24, 2.45) is 5.92 Å². The molecule has 0 aliphatic carbocycles. The van der Waals surface area contributed by atoms with Gasteiger partial charge in [0.05, 0.1) is 14.1 Å². The van der Waals surface area contributed by atoms with Crippen molar-refractivity contribution in [2.45, 2.75) is 51.4 Å². The maximum atomic E-state index is 12.9. The van der Waals surface area contributed by atoms with Gasteiger partial charge in [0.2, 0.25) is 11.8 Å². The van der Waals surface area contributed by atoms with Gasteiger partial charge in [-0.05, 0) is 30.9 Å². The van der Waals surface area contributed by atoms with Gasteiger partial charge in [0.25, 0.3) is 0 Å². The van der Waals surface area contributed by atoms with Gasteiger partial charge in [-0.3, -0.25) is 9.59 Å². The van der Waals surface area contributed by atoms with Crippen LogP contribution in [0.4, 0.5) is 5.69 Å². The summed E-state index contributed by atoms with van der Waals surface area (Å²) in [5.74, 6) is -0.448. The third-order valence-electron chi connectivity index (χ3n) is 4.82. The Hall–Kier alpha value is -2.17. The highest BCUT2D eigenvalue weighted by atomic mass is 28.3. The smallest absolute Gasteiger partial charge is 0.247 e. The number of hydrogen-bond acceptors (Lipinski definition) is 4. The number of amides is 2. The van der Waals surface area contributed by atoms with Crippen LogP contribution in [0.15, 0.2) is 24.3 Å². The molecule has 1 saturated heterocycles. The van der Waals surface area contributed by atoms with Crippen molar-refractivity contribution in [3.63, 3.8) is 0 Å². The zero-order chi connectivity index (χ0) is 19.9. The average molecular weight is 388 g/mol. The van der Waals surface area contributed by atoms with Gasteiger partial charge in [0.15, 0.2) is 0 Å². The van der Waals surface area contributed by atoms with Crippen LogP contribution in [0.5, 0.6) is 0 Å². The molecular weight excluding hydrogens is 358 g/mol. The van der Waals surface area contributed by atoms with Crippen molar-refractivity contribution < 1.29 is 14.3 Å². The summed E-state index contributed by atoms with van der Waals surface area (Å²) >= 11 is 0. The van der Waals surface area contributed by atoms with Crippen LogP contribution in [0.25, 0.3) is 0 Å². The van der Waals surface area contributed by atoms with Crippen LogP contribution >= 0.6 is 0 Å². The first-order valence-corrected chi connectivity index (χ1v) is 13.0. The third-order valence-corrected chi connectivity index (χ3v) is 6.88. The number of rotatable bonds is 7. The van der Waals surface area contributed by atoms with Crippen LogP contribution in [0.1, 0.15) is 25.7 Å². The Labute approximate surface area is 162 Å². The van der Waals surface area contributed by atoms with Crippen LogP contribution in [0.3, 0.4) is 0 Å². The molecule has 1 aliphatic rings. The number of nitriles is 1. The van der Waals surface area contributed by atoms with Gasteiger partial charge < -0.3 is 15.4 Å². The molecule has 1 atom stereocenters. The van der Waals surface area contributed by atoms with Crippen LogP contribution in [0, 0.1) is 17.2 Å². The monoisotopic (exact) mass is 387 g/mol. The van der Waals surface area contributed by atoms with Crippen molar-refractivity contribution in [3.8, 4) is 6.07 Å². The Morgan fingerprint density at radius 3 is 2.41 bits per heavy atom. The van der Waals surface area contributed by atoms with E-state index in [-0.39, 0.29) is 30.6 Å². The highest BCUT2D eigenvalue weighted by Crippen LogP contribution is 2.21. The largest absolute Gasteiger partial charge is 0.381 e. The predicted molar refractivity (Wildman–Crippen MR) is 108 cm³/mol. The first-order chi connectivity index (χ1) is 12.8. The minimum atomic E-state index is -1.39. The standard InChI is InChI=1S/C20H29N3O3Si/c1-27(2,3)17-8-6-16(7-9-17)22-20(25)19(15-10-13-26-14-11-15)23-18(24)5-4-12-21/h6-9,15,19H,4-5,10-11,13-14H2,1-3H3,(H,22,25)(H,23,24). The van der Waals surface area contributed by atoms with Crippen LogP contribution in [-0.2, 0) is 14.3 Å². The summed E-state index contributed by atoms with van der Waals surface area (Å²) < 4.78 is 5.38. The summed E-state index contributed by atoms with van der Waals surface area (Å²) in [6.45, 7) is 8.01. The molecule has 2 N–H and O–H groups in total. The van der Waals surface area contributed by atoms with Gasteiger partial charge in [-0.1, -0.05) is 37.0 Å². The lowest BCUT2D eigenvalue weighted by molar-refractivity contribution is -0.128. The first kappa shape index (κ1) is 21.1. The summed E-state index contributed by atoms with van der Waals surface area (Å²) in [5.41, 5.74) is 0.727.